The first kappa shape index (κ1) is 18.8. The van der Waals surface area contributed by atoms with Crippen LogP contribution in [0.4, 0.5) is 0 Å². The predicted molar refractivity (Wildman–Crippen MR) is 107 cm³/mol. The molecule has 1 saturated carbocycles. The number of esters is 1. The Morgan fingerprint density at radius 1 is 1.26 bits per heavy atom. The van der Waals surface area contributed by atoms with E-state index >= 15 is 0 Å². The molecule has 0 radical (unpaired) electrons. The summed E-state index contributed by atoms with van der Waals surface area (Å²) in [4.78, 5) is 28.9. The van der Waals surface area contributed by atoms with Crippen LogP contribution in [0.15, 0.2) is 35.3 Å². The van der Waals surface area contributed by atoms with Crippen LogP contribution < -0.4 is 5.32 Å². The Kier molecular flexibility index (Phi) is 5.48. The van der Waals surface area contributed by atoms with E-state index in [1.54, 1.807) is 12.1 Å². The molecule has 4 atom stereocenters. The molecule has 1 N–H and O–H groups in total. The quantitative estimate of drug-likeness (QED) is 0.570. The molecule has 4 rings (SSSR count). The Labute approximate surface area is 171 Å². The van der Waals surface area contributed by atoms with Crippen LogP contribution in [0.3, 0.4) is 0 Å². The van der Waals surface area contributed by atoms with Crippen molar-refractivity contribution in [3.05, 3.63) is 46.0 Å². The number of nitrogens with one attached hydrogen (secondary N) is 1. The van der Waals surface area contributed by atoms with Crippen molar-refractivity contribution in [2.45, 2.75) is 30.6 Å². The number of carbonyl (C=O) groups excluding carboxylic acids is 2. The average molecular weight is 425 g/mol. The van der Waals surface area contributed by atoms with Crippen molar-refractivity contribution in [2.24, 2.45) is 16.8 Å². The fourth-order valence-electron chi connectivity index (χ4n) is 3.67. The van der Waals surface area contributed by atoms with Crippen molar-refractivity contribution < 1.29 is 14.3 Å². The summed E-state index contributed by atoms with van der Waals surface area (Å²) in [5.41, 5.74) is 0.333. The number of rotatable bonds is 5. The second-order valence-corrected chi connectivity index (χ2v) is 8.94. The van der Waals surface area contributed by atoms with E-state index in [9.17, 15) is 9.59 Å². The van der Waals surface area contributed by atoms with Crippen molar-refractivity contribution in [3.8, 4) is 0 Å². The van der Waals surface area contributed by atoms with Crippen molar-refractivity contribution >= 4 is 52.0 Å². The lowest BCUT2D eigenvalue weighted by molar-refractivity contribution is -0.119. The van der Waals surface area contributed by atoms with Crippen molar-refractivity contribution in [3.63, 3.8) is 0 Å². The molecule has 2 aliphatic carbocycles. The number of amides is 1. The van der Waals surface area contributed by atoms with E-state index in [0.717, 1.165) is 6.42 Å². The second kappa shape index (κ2) is 7.86. The van der Waals surface area contributed by atoms with Gasteiger partial charge in [0.05, 0.1) is 33.5 Å². The molecule has 5 nitrogen and oxygen atoms in total. The maximum atomic E-state index is 12.1. The average Bonchev–Trinajstić information content (AvgIpc) is 3.34. The summed E-state index contributed by atoms with van der Waals surface area (Å²) in [6, 6.07) is 4.85. The van der Waals surface area contributed by atoms with E-state index in [-0.39, 0.29) is 23.8 Å². The van der Waals surface area contributed by atoms with Crippen molar-refractivity contribution in [2.75, 3.05) is 6.61 Å². The molecule has 2 fully saturated rings. The minimum Gasteiger partial charge on any atom is -0.462 e. The first-order valence-electron chi connectivity index (χ1n) is 8.85. The molecule has 4 unspecified atom stereocenters. The molecule has 142 valence electrons. The van der Waals surface area contributed by atoms with Gasteiger partial charge in [0.15, 0.2) is 5.17 Å². The highest BCUT2D eigenvalue weighted by Gasteiger charge is 2.37. The second-order valence-electron chi connectivity index (χ2n) is 6.93. The minimum absolute atomic E-state index is 0.0805. The fraction of sp³-hybridized carbons (Fsp3) is 0.421. The summed E-state index contributed by atoms with van der Waals surface area (Å²) >= 11 is 13.2. The van der Waals surface area contributed by atoms with E-state index in [4.69, 9.17) is 32.9 Å². The van der Waals surface area contributed by atoms with Crippen LogP contribution >= 0.6 is 35.0 Å². The molecular formula is C19H18Cl2N2O3S. The van der Waals surface area contributed by atoms with Gasteiger partial charge in [-0.3, -0.25) is 9.79 Å². The first-order chi connectivity index (χ1) is 13.0. The van der Waals surface area contributed by atoms with Crippen molar-refractivity contribution in [1.29, 1.82) is 0 Å². The number of amidine groups is 1. The monoisotopic (exact) mass is 424 g/mol. The topological polar surface area (TPSA) is 67.8 Å². The van der Waals surface area contributed by atoms with E-state index in [2.05, 4.69) is 17.5 Å². The van der Waals surface area contributed by atoms with Crippen molar-refractivity contribution in [1.82, 2.24) is 5.32 Å². The molecule has 1 aromatic carbocycles. The summed E-state index contributed by atoms with van der Waals surface area (Å²) in [7, 11) is 0. The van der Waals surface area contributed by atoms with E-state index in [1.165, 1.54) is 24.2 Å². The molecule has 1 heterocycles. The van der Waals surface area contributed by atoms with Crippen LogP contribution in [0.5, 0.6) is 0 Å². The lowest BCUT2D eigenvalue weighted by Crippen LogP contribution is -2.27. The van der Waals surface area contributed by atoms with Gasteiger partial charge in [-0.05, 0) is 42.9 Å². The number of fused-ring (bicyclic) bond motifs is 2. The molecule has 1 amide bonds. The van der Waals surface area contributed by atoms with Gasteiger partial charge in [-0.15, -0.1) is 0 Å². The largest absolute Gasteiger partial charge is 0.462 e. The van der Waals surface area contributed by atoms with Gasteiger partial charge in [0.25, 0.3) is 0 Å². The predicted octanol–water partition coefficient (Wildman–Crippen LogP) is 4.09. The molecule has 1 aromatic rings. The smallest absolute Gasteiger partial charge is 0.338 e. The van der Waals surface area contributed by atoms with Crippen LogP contribution in [0.25, 0.3) is 0 Å². The Hall–Kier alpha value is -1.50. The Balaban J connectivity index is 1.27. The number of thioether (sulfide) groups is 1. The van der Waals surface area contributed by atoms with Crippen LogP contribution in [0.1, 0.15) is 29.6 Å². The van der Waals surface area contributed by atoms with Gasteiger partial charge in [-0.1, -0.05) is 47.1 Å². The van der Waals surface area contributed by atoms with E-state index < -0.39 is 5.97 Å². The lowest BCUT2D eigenvalue weighted by Gasteiger charge is -2.13. The van der Waals surface area contributed by atoms with Gasteiger partial charge < -0.3 is 10.1 Å². The first-order valence-corrected chi connectivity index (χ1v) is 10.5. The molecule has 3 aliphatic rings. The number of benzene rings is 1. The zero-order valence-corrected chi connectivity index (χ0v) is 16.7. The Morgan fingerprint density at radius 3 is 2.81 bits per heavy atom. The highest BCUT2D eigenvalue weighted by atomic mass is 35.5. The van der Waals surface area contributed by atoms with E-state index in [0.29, 0.717) is 39.0 Å². The molecule has 0 aromatic heterocycles. The molecule has 27 heavy (non-hydrogen) atoms. The number of aliphatic imine (C=N–C) groups is 1. The SMILES string of the molecule is O=C(OCCC1SC(=NC2CC3C=CC2C3)NC1=O)c1ccc(Cl)c(Cl)c1. The van der Waals surface area contributed by atoms with Crippen LogP contribution in [-0.2, 0) is 9.53 Å². The lowest BCUT2D eigenvalue weighted by atomic mass is 10.0. The van der Waals surface area contributed by atoms with Gasteiger partial charge >= 0.3 is 5.97 Å². The highest BCUT2D eigenvalue weighted by Crippen LogP contribution is 2.41. The fourth-order valence-corrected chi connectivity index (χ4v) is 4.98. The third kappa shape index (κ3) is 4.18. The highest BCUT2D eigenvalue weighted by molar-refractivity contribution is 8.15. The molecule has 1 aliphatic heterocycles. The minimum atomic E-state index is -0.486. The van der Waals surface area contributed by atoms with Crippen LogP contribution in [0, 0.1) is 11.8 Å². The molecule has 0 spiro atoms. The summed E-state index contributed by atoms with van der Waals surface area (Å²) in [5, 5.41) is 3.92. The number of ether oxygens (including phenoxy) is 1. The maximum absolute atomic E-state index is 12.1. The number of nitrogens with zero attached hydrogens (tertiary/aromatic N) is 1. The van der Waals surface area contributed by atoms with E-state index in [1.807, 2.05) is 0 Å². The molecule has 1 saturated heterocycles. The zero-order valence-electron chi connectivity index (χ0n) is 14.4. The number of hydrogen-bond donors (Lipinski definition) is 1. The van der Waals surface area contributed by atoms with Gasteiger partial charge in [0.2, 0.25) is 5.91 Å². The zero-order chi connectivity index (χ0) is 19.0. The molecular weight excluding hydrogens is 407 g/mol. The van der Waals surface area contributed by atoms with Gasteiger partial charge in [-0.2, -0.15) is 0 Å². The van der Waals surface area contributed by atoms with Gasteiger partial charge in [0.1, 0.15) is 0 Å². The normalized spacial score (nSPS) is 30.1. The van der Waals surface area contributed by atoms with Gasteiger partial charge in [0, 0.05) is 6.42 Å². The molecule has 2 bridgehead atoms. The summed E-state index contributed by atoms with van der Waals surface area (Å²) < 4.78 is 5.26. The maximum Gasteiger partial charge on any atom is 0.338 e. The summed E-state index contributed by atoms with van der Waals surface area (Å²) in [6.45, 7) is 0.147. The number of allylic oxidation sites excluding steroid dienone is 1. The molecule has 8 heteroatoms. The van der Waals surface area contributed by atoms with Crippen LogP contribution in [-0.4, -0.2) is 34.9 Å². The summed E-state index contributed by atoms with van der Waals surface area (Å²) in [6.07, 6.45) is 7.18. The Morgan fingerprint density at radius 2 is 2.11 bits per heavy atom. The van der Waals surface area contributed by atoms with Crippen LogP contribution in [0.2, 0.25) is 10.0 Å². The number of hydrogen-bond acceptors (Lipinski definition) is 5. The number of carbonyl (C=O) groups is 2. The third-order valence-corrected chi connectivity index (χ3v) is 6.98. The Bertz CT molecular complexity index is 842. The third-order valence-electron chi connectivity index (χ3n) is 5.07. The standard InChI is InChI=1S/C19H18Cl2N2O3S/c20-13-4-3-12(9-14(13)21)18(25)26-6-5-16-17(24)23-19(27-16)22-15-8-10-1-2-11(15)7-10/h1-4,9-11,15-16H,5-8H2,(H,22,23,24). The van der Waals surface area contributed by atoms with Gasteiger partial charge in [-0.25, -0.2) is 4.79 Å². The number of halogens is 2. The summed E-state index contributed by atoms with van der Waals surface area (Å²) in [5.74, 6) is 0.580.